The molecule has 0 aliphatic carbocycles. The lowest BCUT2D eigenvalue weighted by Gasteiger charge is -2.49. The molecule has 4 rings (SSSR count). The third-order valence-electron chi connectivity index (χ3n) is 13.9. The highest BCUT2D eigenvalue weighted by Gasteiger charge is 2.53. The summed E-state index contributed by atoms with van der Waals surface area (Å²) < 4.78 is 38.8. The average Bonchev–Trinajstić information content (AvgIpc) is 3.18. The topological polar surface area (TPSA) is 177 Å². The van der Waals surface area contributed by atoms with Gasteiger partial charge in [-0.15, -0.1) is 0 Å². The van der Waals surface area contributed by atoms with Gasteiger partial charge in [0.15, 0.2) is 18.4 Å². The maximum atomic E-state index is 14.5. The molecule has 344 valence electrons. The van der Waals surface area contributed by atoms with Crippen molar-refractivity contribution < 1.29 is 58.4 Å². The van der Waals surface area contributed by atoms with E-state index in [0.717, 1.165) is 0 Å². The van der Waals surface area contributed by atoms with Gasteiger partial charge in [0, 0.05) is 56.0 Å². The molecular weight excluding hydrogens is 773 g/mol. The van der Waals surface area contributed by atoms with Crippen molar-refractivity contribution in [2.24, 2.45) is 23.7 Å². The molecule has 0 amide bonds. The molecule has 3 fully saturated rings. The van der Waals surface area contributed by atoms with Gasteiger partial charge in [-0.1, -0.05) is 51.1 Å². The van der Waals surface area contributed by atoms with Crippen molar-refractivity contribution in [1.82, 2.24) is 9.80 Å². The minimum atomic E-state index is -1.82. The fourth-order valence-corrected chi connectivity index (χ4v) is 10.1. The third-order valence-corrected chi connectivity index (χ3v) is 13.9. The number of hydrogen-bond acceptors (Lipinski definition) is 14. The maximum absolute atomic E-state index is 14.5. The lowest BCUT2D eigenvalue weighted by Crippen LogP contribution is -2.60. The normalized spacial score (nSPS) is 44.5. The number of ether oxygens (including phenoxy) is 6. The van der Waals surface area contributed by atoms with E-state index >= 15 is 0 Å². The lowest BCUT2D eigenvalue weighted by molar-refractivity contribution is -0.313. The maximum Gasteiger partial charge on any atom is 0.311 e. The smallest absolute Gasteiger partial charge is 0.311 e. The number of Topliss-reactive ketones (excluding diaryl/α,β-unsaturated/α-hetero) is 1. The van der Waals surface area contributed by atoms with E-state index in [0.29, 0.717) is 18.5 Å². The van der Waals surface area contributed by atoms with Gasteiger partial charge in [0.2, 0.25) is 0 Å². The predicted octanol–water partition coefficient (Wildman–Crippen LogP) is 4.43. The van der Waals surface area contributed by atoms with Crippen LogP contribution in [0.25, 0.3) is 0 Å². The van der Waals surface area contributed by atoms with Crippen LogP contribution in [0.4, 0.5) is 0 Å². The van der Waals surface area contributed by atoms with E-state index in [1.165, 1.54) is 14.0 Å². The van der Waals surface area contributed by atoms with E-state index < -0.39 is 95.8 Å². The molecule has 60 heavy (non-hydrogen) atoms. The van der Waals surface area contributed by atoms with Crippen molar-refractivity contribution in [3.8, 4) is 0 Å². The van der Waals surface area contributed by atoms with Crippen molar-refractivity contribution in [3.63, 3.8) is 0 Å². The van der Waals surface area contributed by atoms with E-state index in [2.05, 4.69) is 4.90 Å². The highest BCUT2D eigenvalue weighted by molar-refractivity contribution is 5.96. The first-order valence-corrected chi connectivity index (χ1v) is 22.0. The van der Waals surface area contributed by atoms with E-state index in [1.807, 2.05) is 71.9 Å². The van der Waals surface area contributed by atoms with Crippen molar-refractivity contribution in [3.05, 3.63) is 35.9 Å². The fraction of sp³-hybridized carbons (Fsp3) is 0.826. The average molecular weight is 851 g/mol. The summed E-state index contributed by atoms with van der Waals surface area (Å²) in [5.41, 5.74) is -3.85. The summed E-state index contributed by atoms with van der Waals surface area (Å²) >= 11 is 0. The Morgan fingerprint density at radius 3 is 2.17 bits per heavy atom. The van der Waals surface area contributed by atoms with Crippen LogP contribution >= 0.6 is 0 Å². The summed E-state index contributed by atoms with van der Waals surface area (Å²) in [7, 11) is 7.33. The molecular formula is C46H78N2O12. The zero-order chi connectivity index (χ0) is 45.1. The predicted molar refractivity (Wildman–Crippen MR) is 227 cm³/mol. The standard InChI is InChI=1S/C46H78N2O12/c1-15-36-46(10,54)39(50)30(6)48(13)25-26(2)23-44(8,53)41(28(4)38(29(5)42(52)58-36)59-37-24-45(9,55-14)40(51)31(7)57-37)60-43-33(34(47(11)12)21-27(3)56-43)22-35(49)32-19-17-16-18-20-32/h16-20,26-31,33-34,36-41,43,50-51,53-54H,15,21-25H2,1-14H3/t26-,27-,28+,29-,30-,31+,33-,34?,36-,37+,38+,39-,40+,41-,43+,44-,45-,46-/m1/s1. The van der Waals surface area contributed by atoms with Gasteiger partial charge >= 0.3 is 5.97 Å². The van der Waals surface area contributed by atoms with Gasteiger partial charge in [-0.25, -0.2) is 0 Å². The Bertz CT molecular complexity index is 1530. The molecule has 18 atom stereocenters. The van der Waals surface area contributed by atoms with E-state index in [1.54, 1.807) is 46.8 Å². The zero-order valence-corrected chi connectivity index (χ0v) is 38.7. The van der Waals surface area contributed by atoms with Crippen LogP contribution < -0.4 is 0 Å². The number of esters is 1. The summed E-state index contributed by atoms with van der Waals surface area (Å²) in [5.74, 6) is -3.12. The summed E-state index contributed by atoms with van der Waals surface area (Å²) in [4.78, 5) is 32.4. The Labute approximate surface area is 359 Å². The molecule has 3 heterocycles. The number of rotatable bonds is 10. The quantitative estimate of drug-likeness (QED) is 0.192. The number of benzene rings is 1. The minimum Gasteiger partial charge on any atom is -0.459 e. The molecule has 1 aromatic rings. The molecule has 0 bridgehead atoms. The first-order valence-electron chi connectivity index (χ1n) is 22.0. The van der Waals surface area contributed by atoms with E-state index in [-0.39, 0.29) is 49.5 Å². The summed E-state index contributed by atoms with van der Waals surface area (Å²) in [6.07, 6.45) is -6.89. The molecule has 1 unspecified atom stereocenters. The number of methoxy groups -OCH3 is 1. The van der Waals surface area contributed by atoms with Gasteiger partial charge in [-0.05, 0) is 94.8 Å². The van der Waals surface area contributed by atoms with E-state index in [9.17, 15) is 30.0 Å². The van der Waals surface area contributed by atoms with Gasteiger partial charge in [0.1, 0.15) is 23.9 Å². The molecule has 0 aromatic heterocycles. The van der Waals surface area contributed by atoms with Crippen LogP contribution in [0.3, 0.4) is 0 Å². The number of carbonyl (C=O) groups excluding carboxylic acids is 2. The van der Waals surface area contributed by atoms with Gasteiger partial charge in [-0.3, -0.25) is 9.59 Å². The van der Waals surface area contributed by atoms with Gasteiger partial charge in [0.25, 0.3) is 0 Å². The molecule has 14 heteroatoms. The summed E-state index contributed by atoms with van der Waals surface area (Å²) in [6, 6.07) is 8.48. The number of hydrogen-bond donors (Lipinski definition) is 4. The minimum absolute atomic E-state index is 0.0556. The summed E-state index contributed by atoms with van der Waals surface area (Å²) in [5, 5.41) is 47.4. The van der Waals surface area contributed by atoms with Crippen molar-refractivity contribution in [1.29, 1.82) is 0 Å². The SMILES string of the molecule is CC[C@H]1OC(=O)[C@H](C)[C@@H](O[C@H]2C[C@@](C)(OC)[C@@H](O)[C@H](C)O2)[C@H](C)[C@@H](O[C@@H]2O[C@H](C)CC(N(C)C)[C@H]2CC(=O)c2ccccc2)[C@](C)(O)C[C@@H](C)CN(C)[C@H](C)[C@@H](O)[C@]1(C)O. The highest BCUT2D eigenvalue weighted by atomic mass is 16.7. The monoisotopic (exact) mass is 851 g/mol. The Balaban J connectivity index is 1.87. The molecule has 14 nitrogen and oxygen atoms in total. The Morgan fingerprint density at radius 2 is 1.58 bits per heavy atom. The van der Waals surface area contributed by atoms with Crippen LogP contribution in [0.5, 0.6) is 0 Å². The van der Waals surface area contributed by atoms with Crippen LogP contribution in [0, 0.1) is 23.7 Å². The lowest BCUT2D eigenvalue weighted by atomic mass is 9.77. The van der Waals surface area contributed by atoms with Crippen LogP contribution in [-0.4, -0.2) is 161 Å². The van der Waals surface area contributed by atoms with Crippen molar-refractivity contribution in [2.75, 3.05) is 34.8 Å². The fourth-order valence-electron chi connectivity index (χ4n) is 10.1. The molecule has 3 aliphatic rings. The number of carbonyl (C=O) groups is 2. The number of aliphatic hydroxyl groups excluding tert-OH is 2. The molecule has 4 N–H and O–H groups in total. The second-order valence-corrected chi connectivity index (χ2v) is 19.3. The van der Waals surface area contributed by atoms with Gasteiger partial charge in [-0.2, -0.15) is 0 Å². The number of aliphatic hydroxyl groups is 4. The second-order valence-electron chi connectivity index (χ2n) is 19.3. The Kier molecular flexibility index (Phi) is 17.4. The molecule has 3 saturated heterocycles. The largest absolute Gasteiger partial charge is 0.459 e. The second kappa shape index (κ2) is 20.6. The van der Waals surface area contributed by atoms with Crippen molar-refractivity contribution in [2.45, 2.75) is 186 Å². The Morgan fingerprint density at radius 1 is 0.950 bits per heavy atom. The van der Waals surface area contributed by atoms with Crippen LogP contribution in [-0.2, 0) is 33.2 Å². The molecule has 0 spiro atoms. The van der Waals surface area contributed by atoms with Crippen LogP contribution in [0.15, 0.2) is 30.3 Å². The van der Waals surface area contributed by atoms with Crippen molar-refractivity contribution >= 4 is 11.8 Å². The van der Waals surface area contributed by atoms with E-state index in [4.69, 9.17) is 28.4 Å². The molecule has 0 saturated carbocycles. The van der Waals surface area contributed by atoms with Gasteiger partial charge in [0.05, 0.1) is 41.5 Å². The number of cyclic esters (lactones) is 1. The van der Waals surface area contributed by atoms with Crippen LogP contribution in [0.2, 0.25) is 0 Å². The Hall–Kier alpha value is -2.08. The number of nitrogens with zero attached hydrogens (tertiary/aromatic N) is 2. The molecule has 1 aromatic carbocycles. The zero-order valence-electron chi connectivity index (χ0n) is 38.7. The third kappa shape index (κ3) is 11.5. The summed E-state index contributed by atoms with van der Waals surface area (Å²) in [6.45, 7) is 18.3. The molecule has 3 aliphatic heterocycles. The van der Waals surface area contributed by atoms with Crippen LogP contribution in [0.1, 0.15) is 112 Å². The number of likely N-dealkylation sites (N-methyl/N-ethyl adjacent to an activating group) is 1. The first kappa shape index (κ1) is 50.6. The first-order chi connectivity index (χ1) is 27.9. The number of ketones is 1. The highest BCUT2D eigenvalue weighted by Crippen LogP contribution is 2.41. The van der Waals surface area contributed by atoms with Gasteiger partial charge < -0.3 is 58.6 Å². The molecule has 0 radical (unpaired) electrons.